The van der Waals surface area contributed by atoms with Crippen molar-refractivity contribution in [3.63, 3.8) is 0 Å². The second-order valence-corrected chi connectivity index (χ2v) is 8.15. The van der Waals surface area contributed by atoms with E-state index in [2.05, 4.69) is 44.1 Å². The van der Waals surface area contributed by atoms with Gasteiger partial charge in [-0.25, -0.2) is 9.69 Å². The van der Waals surface area contributed by atoms with E-state index in [-0.39, 0.29) is 5.57 Å². The Morgan fingerprint density at radius 2 is 1.72 bits per heavy atom. The summed E-state index contributed by atoms with van der Waals surface area (Å²) in [5.41, 5.74) is 0.785. The van der Waals surface area contributed by atoms with E-state index < -0.39 is 17.8 Å². The van der Waals surface area contributed by atoms with Crippen LogP contribution in [0.1, 0.15) is 25.3 Å². The van der Waals surface area contributed by atoms with Crippen LogP contribution in [0.4, 0.5) is 10.5 Å². The van der Waals surface area contributed by atoms with E-state index in [9.17, 15) is 14.4 Å². The van der Waals surface area contributed by atoms with Crippen molar-refractivity contribution in [2.75, 3.05) is 11.5 Å². The maximum atomic E-state index is 13.0. The first kappa shape index (κ1) is 21.3. The van der Waals surface area contributed by atoms with Gasteiger partial charge >= 0.3 is 6.03 Å². The maximum Gasteiger partial charge on any atom is 0.335 e. The van der Waals surface area contributed by atoms with E-state index in [4.69, 9.17) is 4.74 Å². The Morgan fingerprint density at radius 1 is 1.03 bits per heavy atom. The van der Waals surface area contributed by atoms with Crippen LogP contribution in [0, 0.1) is 0 Å². The molecule has 4 amide bonds. The predicted molar refractivity (Wildman–Crippen MR) is 118 cm³/mol. The van der Waals surface area contributed by atoms with Gasteiger partial charge in [-0.3, -0.25) is 14.9 Å². The van der Waals surface area contributed by atoms with Crippen molar-refractivity contribution < 1.29 is 19.1 Å². The maximum absolute atomic E-state index is 13.0. The molecule has 0 aliphatic carbocycles. The van der Waals surface area contributed by atoms with Gasteiger partial charge in [-0.15, -0.1) is 0 Å². The van der Waals surface area contributed by atoms with Crippen LogP contribution < -0.4 is 15.0 Å². The van der Waals surface area contributed by atoms with E-state index in [1.807, 2.05) is 6.07 Å². The summed E-state index contributed by atoms with van der Waals surface area (Å²) in [6.07, 6.45) is 3.32. The number of carbonyl (C=O) groups is 3. The highest BCUT2D eigenvalue weighted by Gasteiger charge is 2.36. The number of nitrogens with one attached hydrogen (secondary N) is 1. The van der Waals surface area contributed by atoms with Crippen molar-refractivity contribution in [2.45, 2.75) is 19.8 Å². The van der Waals surface area contributed by atoms with Crippen LogP contribution in [-0.2, 0) is 9.59 Å². The van der Waals surface area contributed by atoms with Gasteiger partial charge in [-0.2, -0.15) is 0 Å². The van der Waals surface area contributed by atoms with Crippen molar-refractivity contribution in [3.05, 3.63) is 62.5 Å². The van der Waals surface area contributed by atoms with Crippen LogP contribution in [0.2, 0.25) is 0 Å². The summed E-state index contributed by atoms with van der Waals surface area (Å²) in [6, 6.07) is 11.2. The minimum Gasteiger partial charge on any atom is -0.493 e. The Hall–Kier alpha value is -2.45. The van der Waals surface area contributed by atoms with Crippen molar-refractivity contribution in [2.24, 2.45) is 0 Å². The van der Waals surface area contributed by atoms with E-state index >= 15 is 0 Å². The zero-order valence-electron chi connectivity index (χ0n) is 15.6. The van der Waals surface area contributed by atoms with Gasteiger partial charge in [-0.05, 0) is 55.0 Å². The first-order chi connectivity index (χ1) is 13.9. The lowest BCUT2D eigenvalue weighted by Gasteiger charge is -2.26. The largest absolute Gasteiger partial charge is 0.493 e. The monoisotopic (exact) mass is 520 g/mol. The third-order valence-electron chi connectivity index (χ3n) is 4.21. The number of ether oxygens (including phenoxy) is 1. The molecule has 0 atom stereocenters. The molecule has 1 heterocycles. The first-order valence-corrected chi connectivity index (χ1v) is 10.6. The third kappa shape index (κ3) is 4.94. The molecule has 1 N–H and O–H groups in total. The minimum absolute atomic E-state index is 0.147. The number of nitrogens with zero attached hydrogens (tertiary/aromatic N) is 1. The summed E-state index contributed by atoms with van der Waals surface area (Å²) in [7, 11) is 0. The number of carbonyl (C=O) groups excluding carboxylic acids is 3. The summed E-state index contributed by atoms with van der Waals surface area (Å²) >= 11 is 6.72. The molecule has 1 fully saturated rings. The van der Waals surface area contributed by atoms with Crippen molar-refractivity contribution >= 4 is 61.5 Å². The summed E-state index contributed by atoms with van der Waals surface area (Å²) < 4.78 is 7.38. The van der Waals surface area contributed by atoms with Crippen molar-refractivity contribution in [1.82, 2.24) is 5.32 Å². The van der Waals surface area contributed by atoms with Gasteiger partial charge < -0.3 is 4.74 Å². The van der Waals surface area contributed by atoms with E-state index in [1.165, 1.54) is 6.08 Å². The summed E-state index contributed by atoms with van der Waals surface area (Å²) in [5, 5.41) is 2.22. The first-order valence-electron chi connectivity index (χ1n) is 9.00. The number of barbiturate groups is 1. The Labute approximate surface area is 185 Å². The second-order valence-electron chi connectivity index (χ2n) is 6.32. The third-order valence-corrected chi connectivity index (χ3v) is 5.24. The van der Waals surface area contributed by atoms with Gasteiger partial charge in [0.15, 0.2) is 0 Å². The summed E-state index contributed by atoms with van der Waals surface area (Å²) in [4.78, 5) is 38.6. The van der Waals surface area contributed by atoms with E-state index in [0.29, 0.717) is 23.6 Å². The smallest absolute Gasteiger partial charge is 0.335 e. The number of hydrogen-bond acceptors (Lipinski definition) is 4. The number of halogens is 2. The molecule has 3 rings (SSSR count). The highest BCUT2D eigenvalue weighted by Crippen LogP contribution is 2.28. The van der Waals surface area contributed by atoms with Crippen LogP contribution in [-0.4, -0.2) is 24.5 Å². The highest BCUT2D eigenvalue weighted by atomic mass is 79.9. The zero-order chi connectivity index (χ0) is 21.0. The molecular weight excluding hydrogens is 504 g/mol. The number of hydrogen-bond donors (Lipinski definition) is 1. The number of benzene rings is 2. The molecular formula is C21H18Br2N2O4. The van der Waals surface area contributed by atoms with Gasteiger partial charge in [0, 0.05) is 14.5 Å². The molecule has 0 radical (unpaired) electrons. The van der Waals surface area contributed by atoms with Crippen LogP contribution in [0.15, 0.2) is 57.0 Å². The molecule has 0 unspecified atom stereocenters. The topological polar surface area (TPSA) is 75.7 Å². The van der Waals surface area contributed by atoms with Crippen molar-refractivity contribution in [1.29, 1.82) is 0 Å². The number of anilines is 1. The van der Waals surface area contributed by atoms with Gasteiger partial charge in [-0.1, -0.05) is 45.2 Å². The Kier molecular flexibility index (Phi) is 6.87. The minimum atomic E-state index is -0.784. The fourth-order valence-corrected chi connectivity index (χ4v) is 3.37. The zero-order valence-corrected chi connectivity index (χ0v) is 18.7. The summed E-state index contributed by atoms with van der Waals surface area (Å²) in [5.74, 6) is -0.879. The quantitative estimate of drug-likeness (QED) is 0.327. The molecule has 8 heteroatoms. The van der Waals surface area contributed by atoms with Crippen LogP contribution in [0.5, 0.6) is 5.75 Å². The average molecular weight is 522 g/mol. The number of unbranched alkanes of at least 4 members (excludes halogenated alkanes) is 1. The molecule has 1 saturated heterocycles. The molecule has 6 nitrogen and oxygen atoms in total. The number of imide groups is 2. The van der Waals surface area contributed by atoms with Crippen LogP contribution >= 0.6 is 31.9 Å². The normalized spacial score (nSPS) is 15.6. The lowest BCUT2D eigenvalue weighted by molar-refractivity contribution is -0.122. The lowest BCUT2D eigenvalue weighted by Crippen LogP contribution is -2.54. The van der Waals surface area contributed by atoms with Crippen LogP contribution in [0.3, 0.4) is 0 Å². The lowest BCUT2D eigenvalue weighted by atomic mass is 10.1. The van der Waals surface area contributed by atoms with E-state index in [0.717, 1.165) is 26.7 Å². The predicted octanol–water partition coefficient (Wildman–Crippen LogP) is 5.06. The van der Waals surface area contributed by atoms with E-state index in [1.54, 1.807) is 36.4 Å². The van der Waals surface area contributed by atoms with Gasteiger partial charge in [0.05, 0.1) is 12.3 Å². The number of amides is 4. The van der Waals surface area contributed by atoms with Gasteiger partial charge in [0.1, 0.15) is 11.3 Å². The number of urea groups is 1. The Morgan fingerprint density at radius 3 is 2.41 bits per heavy atom. The second kappa shape index (κ2) is 9.37. The molecule has 0 spiro atoms. The SMILES string of the molecule is CCCCOc1ccc(Br)cc1/C=C1\C(=O)NC(=O)N(c2ccc(Br)cc2)C1=O. The van der Waals surface area contributed by atoms with Gasteiger partial charge in [0.2, 0.25) is 0 Å². The molecule has 0 bridgehead atoms. The highest BCUT2D eigenvalue weighted by molar-refractivity contribution is 9.10. The molecule has 1 aliphatic rings. The molecule has 0 aromatic heterocycles. The molecule has 0 saturated carbocycles. The summed E-state index contributed by atoms with van der Waals surface area (Å²) in [6.45, 7) is 2.59. The Balaban J connectivity index is 1.98. The molecule has 29 heavy (non-hydrogen) atoms. The fourth-order valence-electron chi connectivity index (χ4n) is 2.73. The average Bonchev–Trinajstić information content (AvgIpc) is 2.68. The Bertz CT molecular complexity index is 987. The standard InChI is InChI=1S/C21H18Br2N2O4/c1-2-3-10-29-18-9-6-15(23)11-13(18)12-17-19(26)24-21(28)25(20(17)27)16-7-4-14(22)5-8-16/h4-9,11-12H,2-3,10H2,1H3,(H,24,26,28)/b17-12+. The fraction of sp³-hybridized carbons (Fsp3) is 0.190. The van der Waals surface area contributed by atoms with Gasteiger partial charge in [0.25, 0.3) is 11.8 Å². The molecule has 150 valence electrons. The molecule has 1 aliphatic heterocycles. The van der Waals surface area contributed by atoms with Crippen molar-refractivity contribution in [3.8, 4) is 5.75 Å². The molecule has 2 aromatic carbocycles. The molecule has 2 aromatic rings. The van der Waals surface area contributed by atoms with Crippen LogP contribution in [0.25, 0.3) is 6.08 Å². The number of rotatable bonds is 6.